The molecule has 5 nitrogen and oxygen atoms in total. The minimum absolute atomic E-state index is 0.0115. The Kier molecular flexibility index (Phi) is 6.40. The minimum Gasteiger partial charge on any atom is -0.350 e. The van der Waals surface area contributed by atoms with E-state index >= 15 is 0 Å². The Labute approximate surface area is 119 Å². The third-order valence-corrected chi connectivity index (χ3v) is 3.34. The highest BCUT2D eigenvalue weighted by atomic mass is 31.2. The van der Waals surface area contributed by atoms with Crippen LogP contribution < -0.4 is 5.32 Å². The van der Waals surface area contributed by atoms with Gasteiger partial charge >= 0.3 is 7.60 Å². The van der Waals surface area contributed by atoms with Gasteiger partial charge in [0.15, 0.2) is 0 Å². The Bertz CT molecular complexity index is 469. The SMILES string of the molecule is CC(C)C(=O)N[C@H](COP(C)(=O)O)Cc1ccccc1. The molecule has 1 amide bonds. The number of carbonyl (C=O) groups excluding carboxylic acids is 1. The second-order valence-corrected chi connectivity index (χ2v) is 7.01. The number of amides is 1. The highest BCUT2D eigenvalue weighted by molar-refractivity contribution is 7.51. The number of hydrogen-bond donors (Lipinski definition) is 2. The van der Waals surface area contributed by atoms with Crippen LogP contribution in [0, 0.1) is 5.92 Å². The van der Waals surface area contributed by atoms with E-state index in [1.165, 1.54) is 0 Å². The van der Waals surface area contributed by atoms with Crippen LogP contribution in [0.15, 0.2) is 30.3 Å². The van der Waals surface area contributed by atoms with E-state index in [9.17, 15) is 14.3 Å². The van der Waals surface area contributed by atoms with Crippen molar-refractivity contribution < 1.29 is 18.8 Å². The topological polar surface area (TPSA) is 75.6 Å². The van der Waals surface area contributed by atoms with Gasteiger partial charge in [-0.3, -0.25) is 9.36 Å². The van der Waals surface area contributed by atoms with Crippen LogP contribution >= 0.6 is 7.60 Å². The Hall–Kier alpha value is -1.16. The van der Waals surface area contributed by atoms with Gasteiger partial charge in [0.2, 0.25) is 5.91 Å². The molecule has 2 N–H and O–H groups in total. The van der Waals surface area contributed by atoms with Gasteiger partial charge in [-0.25, -0.2) is 0 Å². The normalized spacial score (nSPS) is 15.7. The van der Waals surface area contributed by atoms with Gasteiger partial charge in [-0.05, 0) is 12.0 Å². The summed E-state index contributed by atoms with van der Waals surface area (Å²) in [4.78, 5) is 21.0. The van der Waals surface area contributed by atoms with Crippen molar-refractivity contribution in [1.82, 2.24) is 5.32 Å². The first kappa shape index (κ1) is 16.9. The first-order valence-corrected chi connectivity index (χ1v) is 8.59. The van der Waals surface area contributed by atoms with Gasteiger partial charge in [0.25, 0.3) is 0 Å². The van der Waals surface area contributed by atoms with Gasteiger partial charge in [-0.1, -0.05) is 44.2 Å². The van der Waals surface area contributed by atoms with E-state index in [-0.39, 0.29) is 24.5 Å². The lowest BCUT2D eigenvalue weighted by Gasteiger charge is -2.21. The molecule has 1 aromatic carbocycles. The van der Waals surface area contributed by atoms with Crippen molar-refractivity contribution in [3.63, 3.8) is 0 Å². The molecule has 0 aliphatic heterocycles. The quantitative estimate of drug-likeness (QED) is 0.757. The first-order chi connectivity index (χ1) is 9.28. The summed E-state index contributed by atoms with van der Waals surface area (Å²) >= 11 is 0. The maximum Gasteiger partial charge on any atom is 0.325 e. The lowest BCUT2D eigenvalue weighted by molar-refractivity contribution is -0.124. The Balaban J connectivity index is 2.68. The fourth-order valence-corrected chi connectivity index (χ4v) is 2.10. The van der Waals surface area contributed by atoms with Crippen molar-refractivity contribution in [3.05, 3.63) is 35.9 Å². The van der Waals surface area contributed by atoms with Crippen LogP contribution in [-0.2, 0) is 20.3 Å². The number of nitrogens with one attached hydrogen (secondary N) is 1. The predicted molar refractivity (Wildman–Crippen MR) is 78.6 cm³/mol. The van der Waals surface area contributed by atoms with Gasteiger partial charge in [0.05, 0.1) is 12.6 Å². The molecule has 0 aromatic heterocycles. The van der Waals surface area contributed by atoms with Gasteiger partial charge in [0, 0.05) is 12.6 Å². The summed E-state index contributed by atoms with van der Waals surface area (Å²) in [5.74, 6) is -0.241. The fourth-order valence-electron chi connectivity index (χ4n) is 1.65. The molecule has 0 spiro atoms. The zero-order chi connectivity index (χ0) is 15.2. The molecule has 0 fully saturated rings. The molecule has 1 aromatic rings. The zero-order valence-electron chi connectivity index (χ0n) is 12.1. The Morgan fingerprint density at radius 1 is 1.35 bits per heavy atom. The van der Waals surface area contributed by atoms with Crippen molar-refractivity contribution in [2.75, 3.05) is 13.3 Å². The molecule has 1 unspecified atom stereocenters. The van der Waals surface area contributed by atoms with Crippen LogP contribution in [0.5, 0.6) is 0 Å². The highest BCUT2D eigenvalue weighted by Crippen LogP contribution is 2.36. The maximum atomic E-state index is 11.8. The molecule has 0 bridgehead atoms. The summed E-state index contributed by atoms with van der Waals surface area (Å²) < 4.78 is 16.2. The van der Waals surface area contributed by atoms with Crippen molar-refractivity contribution in [2.24, 2.45) is 5.92 Å². The van der Waals surface area contributed by atoms with Gasteiger partial charge < -0.3 is 14.7 Å². The molecule has 1 rings (SSSR count). The molecule has 0 aliphatic rings. The molecule has 0 saturated carbocycles. The van der Waals surface area contributed by atoms with Crippen LogP contribution in [0.25, 0.3) is 0 Å². The van der Waals surface area contributed by atoms with Gasteiger partial charge in [0.1, 0.15) is 0 Å². The number of hydrogen-bond acceptors (Lipinski definition) is 3. The molecule has 112 valence electrons. The maximum absolute atomic E-state index is 11.8. The van der Waals surface area contributed by atoms with Crippen molar-refractivity contribution in [3.8, 4) is 0 Å². The smallest absolute Gasteiger partial charge is 0.325 e. The van der Waals surface area contributed by atoms with Gasteiger partial charge in [-0.15, -0.1) is 0 Å². The third kappa shape index (κ3) is 6.85. The number of rotatable bonds is 7. The van der Waals surface area contributed by atoms with E-state index in [2.05, 4.69) is 5.32 Å². The van der Waals surface area contributed by atoms with Crippen LogP contribution in [0.1, 0.15) is 19.4 Å². The molecule has 0 heterocycles. The standard InChI is InChI=1S/C14H22NO4P/c1-11(2)14(16)15-13(10-19-20(3,17)18)9-12-7-5-4-6-8-12/h4-8,11,13H,9-10H2,1-3H3,(H,15,16)(H,17,18)/t13-/m0/s1. The molecule has 0 saturated heterocycles. The van der Waals surface area contributed by atoms with E-state index < -0.39 is 7.60 Å². The van der Waals surface area contributed by atoms with Crippen molar-refractivity contribution in [1.29, 1.82) is 0 Å². The molecule has 0 radical (unpaired) electrons. The van der Waals surface area contributed by atoms with Crippen LogP contribution in [0.2, 0.25) is 0 Å². The summed E-state index contributed by atoms with van der Waals surface area (Å²) in [6, 6.07) is 9.30. The van der Waals surface area contributed by atoms with Crippen molar-refractivity contribution >= 4 is 13.5 Å². The largest absolute Gasteiger partial charge is 0.350 e. The van der Waals surface area contributed by atoms with E-state index in [0.29, 0.717) is 6.42 Å². The molecule has 6 heteroatoms. The van der Waals surface area contributed by atoms with Gasteiger partial charge in [-0.2, -0.15) is 0 Å². The minimum atomic E-state index is -3.54. The fraction of sp³-hybridized carbons (Fsp3) is 0.500. The molecule has 0 aliphatic carbocycles. The Morgan fingerprint density at radius 2 is 1.95 bits per heavy atom. The first-order valence-electron chi connectivity index (χ1n) is 6.57. The summed E-state index contributed by atoms with van der Waals surface area (Å²) in [6.45, 7) is 4.74. The molecule has 2 atom stereocenters. The van der Waals surface area contributed by atoms with E-state index in [1.54, 1.807) is 13.8 Å². The average molecular weight is 299 g/mol. The lowest BCUT2D eigenvalue weighted by Crippen LogP contribution is -2.41. The molecular weight excluding hydrogens is 277 g/mol. The number of carbonyl (C=O) groups is 1. The van der Waals surface area contributed by atoms with Crippen LogP contribution in [0.4, 0.5) is 0 Å². The highest BCUT2D eigenvalue weighted by Gasteiger charge is 2.19. The van der Waals surface area contributed by atoms with Crippen molar-refractivity contribution in [2.45, 2.75) is 26.3 Å². The summed E-state index contributed by atoms with van der Waals surface area (Å²) in [6.07, 6.45) is 0.555. The third-order valence-electron chi connectivity index (χ3n) is 2.71. The zero-order valence-corrected chi connectivity index (χ0v) is 13.0. The summed E-state index contributed by atoms with van der Waals surface area (Å²) in [5, 5.41) is 2.84. The van der Waals surface area contributed by atoms with Crippen LogP contribution in [-0.4, -0.2) is 30.1 Å². The van der Waals surface area contributed by atoms with Crippen LogP contribution in [0.3, 0.4) is 0 Å². The summed E-state index contributed by atoms with van der Waals surface area (Å²) in [5.41, 5.74) is 1.04. The molecular formula is C14H22NO4P. The Morgan fingerprint density at radius 3 is 2.45 bits per heavy atom. The van der Waals surface area contributed by atoms with E-state index in [1.807, 2.05) is 30.3 Å². The second kappa shape index (κ2) is 7.58. The predicted octanol–water partition coefficient (Wildman–Crippen LogP) is 2.20. The van der Waals surface area contributed by atoms with E-state index in [4.69, 9.17) is 4.52 Å². The second-order valence-electron chi connectivity index (χ2n) is 5.15. The average Bonchev–Trinajstić information content (AvgIpc) is 2.36. The van der Waals surface area contributed by atoms with E-state index in [0.717, 1.165) is 12.2 Å². The lowest BCUT2D eigenvalue weighted by atomic mass is 10.1. The number of benzene rings is 1. The monoisotopic (exact) mass is 299 g/mol. The molecule has 20 heavy (non-hydrogen) atoms. The summed E-state index contributed by atoms with van der Waals surface area (Å²) in [7, 11) is -3.54.